The first kappa shape index (κ1) is 51.4. The molecule has 0 unspecified atom stereocenters. The van der Waals surface area contributed by atoms with Crippen molar-refractivity contribution in [2.24, 2.45) is 0 Å². The fourth-order valence-corrected chi connectivity index (χ4v) is 17.0. The summed E-state index contributed by atoms with van der Waals surface area (Å²) in [6.45, 7) is 0. The molecule has 16 aromatic rings. The smallest absolute Gasteiger partial charge is 0.0726 e. The van der Waals surface area contributed by atoms with E-state index in [9.17, 15) is 0 Å². The molecule has 0 radical (unpaired) electrons. The van der Waals surface area contributed by atoms with E-state index >= 15 is 0 Å². The highest BCUT2D eigenvalue weighted by molar-refractivity contribution is 7.26. The second-order valence-corrected chi connectivity index (χ2v) is 25.7. The maximum Gasteiger partial charge on any atom is 0.0726 e. The molecule has 0 saturated heterocycles. The predicted octanol–water partition coefficient (Wildman–Crippen LogP) is 24.4. The molecule has 2 nitrogen and oxygen atoms in total. The fourth-order valence-electron chi connectivity index (χ4n) is 14.7. The summed E-state index contributed by atoms with van der Waals surface area (Å²) in [6, 6.07) is 122. The van der Waals surface area contributed by atoms with Gasteiger partial charge in [-0.2, -0.15) is 0 Å². The van der Waals surface area contributed by atoms with Crippen molar-refractivity contribution in [3.8, 4) is 66.8 Å². The summed E-state index contributed by atoms with van der Waals surface area (Å²) in [7, 11) is 0. The van der Waals surface area contributed by atoms with Crippen LogP contribution in [0.25, 0.3) is 107 Å². The number of para-hydroxylation sites is 2. The molecule has 2 aliphatic rings. The molecule has 89 heavy (non-hydrogen) atoms. The van der Waals surface area contributed by atoms with Crippen molar-refractivity contribution < 1.29 is 0 Å². The number of fused-ring (bicyclic) bond motifs is 16. The average Bonchev–Trinajstić information content (AvgIpc) is 1.52. The first-order chi connectivity index (χ1) is 44.1. The Morgan fingerprint density at radius 1 is 0.202 bits per heavy atom. The molecule has 0 fully saturated rings. The maximum absolute atomic E-state index is 2.51. The van der Waals surface area contributed by atoms with Gasteiger partial charge in [0.1, 0.15) is 0 Å². The van der Waals surface area contributed by atoms with E-state index in [2.05, 4.69) is 337 Å². The van der Waals surface area contributed by atoms with Gasteiger partial charge in [-0.1, -0.05) is 218 Å². The number of rotatable bonds is 10. The standard InChI is InChI=1S/C85H54N2S2/c1-4-20-55(21-5-1)56-36-40-64(41-37-56)86(66-42-46-70-69-28-12-17-33-78(69)85(79(70)54-66)76-31-15-10-26-67(76)68-27-11-16-32-77(68)85)65-43-47-80(87(62-22-6-2-7-23-62)63-24-8-3-9-25-63)75(53-65)61-49-59(57-38-44-73-71-29-13-18-34-81(71)88-83(73)51-57)48-60(50-61)58-39-45-74-72-30-14-19-35-82(72)89-84(74)52-58/h1-54H. The van der Waals surface area contributed by atoms with Gasteiger partial charge in [0.05, 0.1) is 11.1 Å². The summed E-state index contributed by atoms with van der Waals surface area (Å²) in [5, 5.41) is 5.18. The van der Waals surface area contributed by atoms with Gasteiger partial charge >= 0.3 is 0 Å². The van der Waals surface area contributed by atoms with Crippen LogP contribution in [0.1, 0.15) is 22.3 Å². The molecule has 14 aromatic carbocycles. The van der Waals surface area contributed by atoms with Crippen LogP contribution in [0, 0.1) is 0 Å². The summed E-state index contributed by atoms with van der Waals surface area (Å²) in [4.78, 5) is 4.93. The van der Waals surface area contributed by atoms with Gasteiger partial charge in [-0.05, 0) is 193 Å². The first-order valence-electron chi connectivity index (χ1n) is 30.5. The SMILES string of the molecule is c1ccc(-c2ccc(N(c3ccc(N(c4ccccc4)c4ccccc4)c(-c4cc(-c5ccc6c(c5)sc5ccccc56)cc(-c5ccc6c(c5)sc5ccccc56)c4)c3)c3ccc4c(c3)C3(c5ccccc5-c5ccccc53)c3ccccc3-4)cc2)cc1. The van der Waals surface area contributed by atoms with Crippen molar-refractivity contribution in [3.05, 3.63) is 350 Å². The third-order valence-electron chi connectivity index (χ3n) is 18.6. The second kappa shape index (κ2) is 20.6. The number of thiophene rings is 2. The summed E-state index contributed by atoms with van der Waals surface area (Å²) in [5.41, 5.74) is 25.5. The molecule has 0 atom stereocenters. The third-order valence-corrected chi connectivity index (χ3v) is 20.9. The van der Waals surface area contributed by atoms with E-state index in [-0.39, 0.29) is 0 Å². The molecule has 416 valence electrons. The minimum Gasteiger partial charge on any atom is -0.310 e. The molecule has 18 rings (SSSR count). The van der Waals surface area contributed by atoms with E-state index in [1.165, 1.54) is 107 Å². The highest BCUT2D eigenvalue weighted by Crippen LogP contribution is 2.63. The van der Waals surface area contributed by atoms with Gasteiger partial charge in [-0.25, -0.2) is 0 Å². The van der Waals surface area contributed by atoms with Crippen LogP contribution in [0.3, 0.4) is 0 Å². The van der Waals surface area contributed by atoms with E-state index in [1.807, 2.05) is 22.7 Å². The van der Waals surface area contributed by atoms with Gasteiger partial charge in [0.15, 0.2) is 0 Å². The molecule has 0 N–H and O–H groups in total. The largest absolute Gasteiger partial charge is 0.310 e. The summed E-state index contributed by atoms with van der Waals surface area (Å²) in [5.74, 6) is 0. The molecule has 1 spiro atoms. The van der Waals surface area contributed by atoms with Crippen LogP contribution in [0.15, 0.2) is 328 Å². The molecule has 2 aromatic heterocycles. The zero-order valence-electron chi connectivity index (χ0n) is 48.4. The monoisotopic (exact) mass is 1170 g/mol. The summed E-state index contributed by atoms with van der Waals surface area (Å²) >= 11 is 3.74. The Kier molecular flexibility index (Phi) is 11.9. The van der Waals surface area contributed by atoms with Gasteiger partial charge < -0.3 is 9.80 Å². The van der Waals surface area contributed by atoms with E-state index in [0.29, 0.717) is 0 Å². The van der Waals surface area contributed by atoms with Crippen molar-refractivity contribution in [3.63, 3.8) is 0 Å². The van der Waals surface area contributed by atoms with Crippen molar-refractivity contribution in [2.45, 2.75) is 5.41 Å². The van der Waals surface area contributed by atoms with E-state index in [4.69, 9.17) is 0 Å². The highest BCUT2D eigenvalue weighted by atomic mass is 32.1. The van der Waals surface area contributed by atoms with Gasteiger partial charge in [-0.15, -0.1) is 22.7 Å². The van der Waals surface area contributed by atoms with E-state index in [1.54, 1.807) is 0 Å². The summed E-state index contributed by atoms with van der Waals surface area (Å²) in [6.07, 6.45) is 0. The molecule has 4 heteroatoms. The van der Waals surface area contributed by atoms with Crippen molar-refractivity contribution >= 4 is 97.1 Å². The van der Waals surface area contributed by atoms with E-state index in [0.717, 1.165) is 56.4 Å². The average molecular weight is 1170 g/mol. The second-order valence-electron chi connectivity index (χ2n) is 23.5. The van der Waals surface area contributed by atoms with Crippen LogP contribution in [0.4, 0.5) is 34.1 Å². The predicted molar refractivity (Wildman–Crippen MR) is 380 cm³/mol. The maximum atomic E-state index is 2.51. The Hall–Kier alpha value is -10.9. The lowest BCUT2D eigenvalue weighted by atomic mass is 9.70. The normalized spacial score (nSPS) is 12.6. The molecule has 0 amide bonds. The van der Waals surface area contributed by atoms with Crippen LogP contribution in [-0.4, -0.2) is 0 Å². The highest BCUT2D eigenvalue weighted by Gasteiger charge is 2.51. The number of hydrogen-bond donors (Lipinski definition) is 0. The molecular formula is C85H54N2S2. The Balaban J connectivity index is 0.902. The van der Waals surface area contributed by atoms with Crippen LogP contribution < -0.4 is 9.80 Å². The molecule has 0 saturated carbocycles. The van der Waals surface area contributed by atoms with Crippen LogP contribution >= 0.6 is 22.7 Å². The van der Waals surface area contributed by atoms with Crippen molar-refractivity contribution in [1.82, 2.24) is 0 Å². The first-order valence-corrected chi connectivity index (χ1v) is 32.2. The number of benzene rings is 14. The minimum absolute atomic E-state index is 0.520. The lowest BCUT2D eigenvalue weighted by Crippen LogP contribution is -2.26. The lowest BCUT2D eigenvalue weighted by Gasteiger charge is -2.33. The zero-order valence-corrected chi connectivity index (χ0v) is 50.0. The Morgan fingerprint density at radius 2 is 0.596 bits per heavy atom. The quantitative estimate of drug-likeness (QED) is 0.135. The number of hydrogen-bond acceptors (Lipinski definition) is 4. The van der Waals surface area contributed by atoms with Crippen molar-refractivity contribution in [2.75, 3.05) is 9.80 Å². The molecule has 0 bridgehead atoms. The zero-order chi connectivity index (χ0) is 58.6. The number of anilines is 6. The van der Waals surface area contributed by atoms with Crippen LogP contribution in [-0.2, 0) is 5.41 Å². The summed E-state index contributed by atoms with van der Waals surface area (Å²) < 4.78 is 5.16. The Labute approximate surface area is 525 Å². The lowest BCUT2D eigenvalue weighted by molar-refractivity contribution is 0.793. The van der Waals surface area contributed by atoms with Crippen molar-refractivity contribution in [1.29, 1.82) is 0 Å². The minimum atomic E-state index is -0.520. The van der Waals surface area contributed by atoms with E-state index < -0.39 is 5.41 Å². The van der Waals surface area contributed by atoms with Gasteiger partial charge in [0.2, 0.25) is 0 Å². The Bertz CT molecular complexity index is 5210. The van der Waals surface area contributed by atoms with Crippen LogP contribution in [0.5, 0.6) is 0 Å². The van der Waals surface area contributed by atoms with Gasteiger partial charge in [-0.3, -0.25) is 0 Å². The topological polar surface area (TPSA) is 6.48 Å². The molecule has 2 aliphatic carbocycles. The molecule has 2 heterocycles. The Morgan fingerprint density at radius 3 is 1.15 bits per heavy atom. The molecule has 0 aliphatic heterocycles. The van der Waals surface area contributed by atoms with Gasteiger partial charge in [0.25, 0.3) is 0 Å². The number of nitrogens with zero attached hydrogens (tertiary/aromatic N) is 2. The third kappa shape index (κ3) is 8.22. The van der Waals surface area contributed by atoms with Gasteiger partial charge in [0, 0.05) is 74.3 Å². The van der Waals surface area contributed by atoms with Crippen LogP contribution in [0.2, 0.25) is 0 Å². The molecular weight excluding hydrogens is 1110 g/mol. The fraction of sp³-hybridized carbons (Fsp3) is 0.0118.